The Kier molecular flexibility index (Phi) is 8.03. The molecule has 0 unspecified atom stereocenters. The van der Waals surface area contributed by atoms with Crippen LogP contribution in [0, 0.1) is 0 Å². The van der Waals surface area contributed by atoms with Gasteiger partial charge in [0.1, 0.15) is 0 Å². The van der Waals surface area contributed by atoms with Gasteiger partial charge in [-0.05, 0) is 43.1 Å². The van der Waals surface area contributed by atoms with E-state index in [1.54, 1.807) is 6.08 Å². The Labute approximate surface area is 118 Å². The van der Waals surface area contributed by atoms with E-state index in [0.29, 0.717) is 0 Å². The van der Waals surface area contributed by atoms with Crippen LogP contribution < -0.4 is 0 Å². The molecular formula is C18H25N. The van der Waals surface area contributed by atoms with Gasteiger partial charge in [-0.3, -0.25) is 0 Å². The molecule has 0 radical (unpaired) electrons. The van der Waals surface area contributed by atoms with Crippen molar-refractivity contribution in [3.05, 3.63) is 85.3 Å². The standard InChI is InChI=1S/C18H25N/c1-8-11-13-17(10-3)19(7)14-18(15(4)5)16(6)12-9-2/h8-11,13-14H,1-2,4,6,12H2,3,5,7H3/b13-11-,17-10+,18-14+. The predicted molar refractivity (Wildman–Crippen MR) is 87.7 cm³/mol. The Balaban J connectivity index is 5.28. The largest absolute Gasteiger partial charge is 0.351 e. The minimum absolute atomic E-state index is 0.764. The lowest BCUT2D eigenvalue weighted by molar-refractivity contribution is 0.583. The van der Waals surface area contributed by atoms with Crippen molar-refractivity contribution < 1.29 is 0 Å². The van der Waals surface area contributed by atoms with Crippen LogP contribution in [0.3, 0.4) is 0 Å². The van der Waals surface area contributed by atoms with E-state index in [4.69, 9.17) is 0 Å². The molecule has 0 aliphatic rings. The van der Waals surface area contributed by atoms with Crippen molar-refractivity contribution in [2.45, 2.75) is 20.3 Å². The molecule has 0 amide bonds. The zero-order chi connectivity index (χ0) is 14.8. The van der Waals surface area contributed by atoms with E-state index in [0.717, 1.165) is 28.8 Å². The fourth-order valence-electron chi connectivity index (χ4n) is 1.64. The Morgan fingerprint density at radius 3 is 2.26 bits per heavy atom. The van der Waals surface area contributed by atoms with Crippen LogP contribution in [0.1, 0.15) is 20.3 Å². The van der Waals surface area contributed by atoms with Crippen molar-refractivity contribution in [2.24, 2.45) is 0 Å². The van der Waals surface area contributed by atoms with E-state index in [1.807, 2.05) is 45.2 Å². The molecule has 0 saturated heterocycles. The van der Waals surface area contributed by atoms with Crippen molar-refractivity contribution in [3.63, 3.8) is 0 Å². The minimum atomic E-state index is 0.764. The van der Waals surface area contributed by atoms with Gasteiger partial charge < -0.3 is 4.90 Å². The lowest BCUT2D eigenvalue weighted by Gasteiger charge is -2.19. The van der Waals surface area contributed by atoms with Crippen molar-refractivity contribution >= 4 is 0 Å². The molecule has 0 spiro atoms. The van der Waals surface area contributed by atoms with Gasteiger partial charge in [-0.1, -0.05) is 44.0 Å². The topological polar surface area (TPSA) is 3.24 Å². The molecule has 1 nitrogen and oxygen atoms in total. The summed E-state index contributed by atoms with van der Waals surface area (Å²) in [6.07, 6.45) is 12.4. The van der Waals surface area contributed by atoms with Gasteiger partial charge in [-0.25, -0.2) is 0 Å². The highest BCUT2D eigenvalue weighted by Gasteiger charge is 2.05. The van der Waals surface area contributed by atoms with Crippen LogP contribution >= 0.6 is 0 Å². The second-order valence-corrected chi connectivity index (χ2v) is 4.34. The maximum atomic E-state index is 4.09. The number of allylic oxidation sites excluding steroid dienone is 8. The summed E-state index contributed by atoms with van der Waals surface area (Å²) in [5.41, 5.74) is 4.18. The highest BCUT2D eigenvalue weighted by atomic mass is 15.1. The lowest BCUT2D eigenvalue weighted by atomic mass is 10.00. The summed E-state index contributed by atoms with van der Waals surface area (Å²) < 4.78 is 0. The van der Waals surface area contributed by atoms with Crippen molar-refractivity contribution in [1.82, 2.24) is 4.90 Å². The second-order valence-electron chi connectivity index (χ2n) is 4.34. The van der Waals surface area contributed by atoms with E-state index in [2.05, 4.69) is 37.4 Å². The zero-order valence-electron chi connectivity index (χ0n) is 12.4. The maximum absolute atomic E-state index is 4.09. The highest BCUT2D eigenvalue weighted by Crippen LogP contribution is 2.21. The SMILES string of the molecule is C=C/C=C\C(=C/C)N(C)/C=C(\C(=C)C)C(=C)CC=C. The first-order valence-corrected chi connectivity index (χ1v) is 6.32. The minimum Gasteiger partial charge on any atom is -0.351 e. The second kappa shape index (κ2) is 8.98. The third-order valence-electron chi connectivity index (χ3n) is 2.66. The average molecular weight is 255 g/mol. The summed E-state index contributed by atoms with van der Waals surface area (Å²) in [5.74, 6) is 0. The Bertz CT molecular complexity index is 444. The molecule has 0 saturated carbocycles. The molecule has 102 valence electrons. The summed E-state index contributed by atoms with van der Waals surface area (Å²) in [7, 11) is 2.01. The summed E-state index contributed by atoms with van der Waals surface area (Å²) in [6.45, 7) is 19.5. The van der Waals surface area contributed by atoms with Gasteiger partial charge in [0.2, 0.25) is 0 Å². The van der Waals surface area contributed by atoms with Crippen LogP contribution in [0.2, 0.25) is 0 Å². The molecule has 0 aromatic rings. The van der Waals surface area contributed by atoms with Crippen LogP contribution in [0.25, 0.3) is 0 Å². The fraction of sp³-hybridized carbons (Fsp3) is 0.222. The Hall–Kier alpha value is -2.02. The monoisotopic (exact) mass is 255 g/mol. The smallest absolute Gasteiger partial charge is 0.0360 e. The molecular weight excluding hydrogens is 230 g/mol. The van der Waals surface area contributed by atoms with E-state index >= 15 is 0 Å². The highest BCUT2D eigenvalue weighted by molar-refractivity contribution is 5.44. The van der Waals surface area contributed by atoms with Crippen LogP contribution in [0.5, 0.6) is 0 Å². The van der Waals surface area contributed by atoms with Gasteiger partial charge in [0.25, 0.3) is 0 Å². The predicted octanol–water partition coefficient (Wildman–Crippen LogP) is 5.16. The summed E-state index contributed by atoms with van der Waals surface area (Å²) >= 11 is 0. The van der Waals surface area contributed by atoms with Gasteiger partial charge in [0.05, 0.1) is 0 Å². The molecule has 0 N–H and O–H groups in total. The zero-order valence-corrected chi connectivity index (χ0v) is 12.4. The molecule has 19 heavy (non-hydrogen) atoms. The number of rotatable bonds is 8. The van der Waals surface area contributed by atoms with Crippen LogP contribution in [0.4, 0.5) is 0 Å². The maximum Gasteiger partial charge on any atom is 0.0360 e. The lowest BCUT2D eigenvalue weighted by Crippen LogP contribution is -2.10. The van der Waals surface area contributed by atoms with Gasteiger partial charge >= 0.3 is 0 Å². The van der Waals surface area contributed by atoms with Crippen molar-refractivity contribution in [2.75, 3.05) is 7.05 Å². The normalized spacial score (nSPS) is 12.4. The molecule has 0 fully saturated rings. The molecule has 0 aromatic carbocycles. The first kappa shape index (κ1) is 17.0. The molecule has 0 atom stereocenters. The molecule has 0 aliphatic carbocycles. The van der Waals surface area contributed by atoms with E-state index in [1.165, 1.54) is 0 Å². The third-order valence-corrected chi connectivity index (χ3v) is 2.66. The molecule has 0 rings (SSSR count). The summed E-state index contributed by atoms with van der Waals surface area (Å²) in [5, 5.41) is 0. The molecule has 0 heterocycles. The van der Waals surface area contributed by atoms with Crippen molar-refractivity contribution in [3.8, 4) is 0 Å². The van der Waals surface area contributed by atoms with E-state index in [-0.39, 0.29) is 0 Å². The number of likely N-dealkylation sites (N-methyl/N-ethyl adjacent to an activating group) is 1. The van der Waals surface area contributed by atoms with Crippen molar-refractivity contribution in [1.29, 1.82) is 0 Å². The van der Waals surface area contributed by atoms with E-state index in [9.17, 15) is 0 Å². The molecule has 0 aliphatic heterocycles. The van der Waals surface area contributed by atoms with E-state index < -0.39 is 0 Å². The quantitative estimate of drug-likeness (QED) is 0.428. The molecule has 1 heteroatoms. The average Bonchev–Trinajstić information content (AvgIpc) is 2.36. The van der Waals surface area contributed by atoms with Gasteiger partial charge in [-0.2, -0.15) is 0 Å². The fourth-order valence-corrected chi connectivity index (χ4v) is 1.64. The first-order chi connectivity index (χ1) is 8.97. The summed E-state index contributed by atoms with van der Waals surface area (Å²) in [4.78, 5) is 2.05. The third kappa shape index (κ3) is 5.91. The Morgan fingerprint density at radius 1 is 1.21 bits per heavy atom. The number of nitrogens with zero attached hydrogens (tertiary/aromatic N) is 1. The van der Waals surface area contributed by atoms with Gasteiger partial charge in [0, 0.05) is 18.9 Å². The van der Waals surface area contributed by atoms with Crippen LogP contribution in [-0.4, -0.2) is 11.9 Å². The first-order valence-electron chi connectivity index (χ1n) is 6.32. The van der Waals surface area contributed by atoms with Gasteiger partial charge in [0.15, 0.2) is 0 Å². The molecule has 0 aromatic heterocycles. The number of hydrogen-bond donors (Lipinski definition) is 0. The van der Waals surface area contributed by atoms with Gasteiger partial charge in [-0.15, -0.1) is 6.58 Å². The Morgan fingerprint density at radius 2 is 1.84 bits per heavy atom. The van der Waals surface area contributed by atoms with Crippen LogP contribution in [-0.2, 0) is 0 Å². The number of hydrogen-bond acceptors (Lipinski definition) is 1. The molecule has 0 bridgehead atoms. The summed E-state index contributed by atoms with van der Waals surface area (Å²) in [6, 6.07) is 0. The van der Waals surface area contributed by atoms with Crippen LogP contribution in [0.15, 0.2) is 85.3 Å².